The average molecular weight is 229 g/mol. The van der Waals surface area contributed by atoms with Crippen molar-refractivity contribution in [2.24, 2.45) is 5.73 Å². The number of nitrogens with zero attached hydrogens (tertiary/aromatic N) is 1. The number of rotatable bonds is 4. The zero-order valence-corrected chi connectivity index (χ0v) is 9.58. The Kier molecular flexibility index (Phi) is 3.43. The first-order chi connectivity index (χ1) is 6.81. The van der Waals surface area contributed by atoms with Gasteiger partial charge in [-0.25, -0.2) is 13.1 Å². The maximum Gasteiger partial charge on any atom is 0.242 e. The van der Waals surface area contributed by atoms with Crippen molar-refractivity contribution in [2.75, 3.05) is 6.54 Å². The zero-order valence-electron chi connectivity index (χ0n) is 8.77. The predicted molar refractivity (Wildman–Crippen MR) is 57.7 cm³/mol. The van der Waals surface area contributed by atoms with E-state index in [2.05, 4.69) is 9.71 Å². The SMILES string of the molecule is CC(C)(N)CNS(=O)(=O)c1cccnc1. The lowest BCUT2D eigenvalue weighted by Gasteiger charge is -2.18. The van der Waals surface area contributed by atoms with Gasteiger partial charge in [-0.3, -0.25) is 4.98 Å². The molecule has 5 nitrogen and oxygen atoms in total. The van der Waals surface area contributed by atoms with Gasteiger partial charge in [0.15, 0.2) is 0 Å². The summed E-state index contributed by atoms with van der Waals surface area (Å²) >= 11 is 0. The van der Waals surface area contributed by atoms with Crippen LogP contribution in [0.3, 0.4) is 0 Å². The number of nitrogens with two attached hydrogens (primary N) is 1. The summed E-state index contributed by atoms with van der Waals surface area (Å²) in [5.41, 5.74) is 5.10. The first-order valence-corrected chi connectivity index (χ1v) is 5.98. The van der Waals surface area contributed by atoms with Gasteiger partial charge in [-0.05, 0) is 26.0 Å². The third-order valence-electron chi connectivity index (χ3n) is 1.66. The molecule has 15 heavy (non-hydrogen) atoms. The van der Waals surface area contributed by atoms with Crippen LogP contribution in [-0.2, 0) is 10.0 Å². The molecule has 0 saturated heterocycles. The summed E-state index contributed by atoms with van der Waals surface area (Å²) in [7, 11) is -3.49. The maximum atomic E-state index is 11.7. The summed E-state index contributed by atoms with van der Waals surface area (Å²) in [4.78, 5) is 3.89. The average Bonchev–Trinajstić information content (AvgIpc) is 2.16. The number of sulfonamides is 1. The number of aromatic nitrogens is 1. The molecule has 0 aliphatic rings. The van der Waals surface area contributed by atoms with Crippen molar-refractivity contribution in [3.63, 3.8) is 0 Å². The fraction of sp³-hybridized carbons (Fsp3) is 0.444. The second-order valence-corrected chi connectivity index (χ2v) is 5.77. The molecule has 1 aromatic heterocycles. The molecule has 84 valence electrons. The van der Waals surface area contributed by atoms with Crippen molar-refractivity contribution < 1.29 is 8.42 Å². The molecule has 0 spiro atoms. The highest BCUT2D eigenvalue weighted by Gasteiger charge is 2.18. The highest BCUT2D eigenvalue weighted by Crippen LogP contribution is 2.06. The molecule has 0 atom stereocenters. The number of hydrogen-bond donors (Lipinski definition) is 2. The normalized spacial score (nSPS) is 12.7. The summed E-state index contributed by atoms with van der Waals surface area (Å²) in [6, 6.07) is 3.06. The molecule has 0 fully saturated rings. The van der Waals surface area contributed by atoms with Crippen molar-refractivity contribution in [1.29, 1.82) is 0 Å². The van der Waals surface area contributed by atoms with Gasteiger partial charge in [-0.15, -0.1) is 0 Å². The molecule has 3 N–H and O–H groups in total. The maximum absolute atomic E-state index is 11.7. The van der Waals surface area contributed by atoms with Gasteiger partial charge in [0.2, 0.25) is 10.0 Å². The lowest BCUT2D eigenvalue weighted by molar-refractivity contribution is 0.498. The van der Waals surface area contributed by atoms with Crippen LogP contribution in [0.1, 0.15) is 13.8 Å². The lowest BCUT2D eigenvalue weighted by Crippen LogP contribution is -2.45. The second-order valence-electron chi connectivity index (χ2n) is 4.00. The predicted octanol–water partition coefficient (Wildman–Crippen LogP) is 0.0972. The zero-order chi connectivity index (χ0) is 11.5. The summed E-state index contributed by atoms with van der Waals surface area (Å²) in [5.74, 6) is 0. The highest BCUT2D eigenvalue weighted by molar-refractivity contribution is 7.89. The Bertz CT molecular complexity index is 409. The Hall–Kier alpha value is -0.980. The van der Waals surface area contributed by atoms with Gasteiger partial charge in [0.05, 0.1) is 0 Å². The van der Waals surface area contributed by atoms with Crippen LogP contribution in [0.25, 0.3) is 0 Å². The molecule has 0 aliphatic carbocycles. The van der Waals surface area contributed by atoms with Crippen LogP contribution in [0.5, 0.6) is 0 Å². The fourth-order valence-electron chi connectivity index (χ4n) is 0.870. The van der Waals surface area contributed by atoms with Gasteiger partial charge in [0, 0.05) is 24.5 Å². The molecule has 1 aromatic rings. The number of nitrogens with one attached hydrogen (secondary N) is 1. The van der Waals surface area contributed by atoms with Crippen molar-refractivity contribution in [3.8, 4) is 0 Å². The molecule has 1 rings (SSSR count). The highest BCUT2D eigenvalue weighted by atomic mass is 32.2. The van der Waals surface area contributed by atoms with Gasteiger partial charge >= 0.3 is 0 Å². The minimum atomic E-state index is -3.49. The van der Waals surface area contributed by atoms with Crippen molar-refractivity contribution in [1.82, 2.24) is 9.71 Å². The molecule has 0 unspecified atom stereocenters. The Labute approximate surface area is 89.8 Å². The third kappa shape index (κ3) is 3.94. The van der Waals surface area contributed by atoms with Crippen LogP contribution in [0.2, 0.25) is 0 Å². The van der Waals surface area contributed by atoms with E-state index in [0.29, 0.717) is 0 Å². The van der Waals surface area contributed by atoms with E-state index in [0.717, 1.165) is 0 Å². The van der Waals surface area contributed by atoms with E-state index < -0.39 is 15.6 Å². The summed E-state index contributed by atoms with van der Waals surface area (Å²) in [5, 5.41) is 0. The van der Waals surface area contributed by atoms with E-state index in [-0.39, 0.29) is 11.4 Å². The lowest BCUT2D eigenvalue weighted by atomic mass is 10.1. The van der Waals surface area contributed by atoms with Crippen LogP contribution >= 0.6 is 0 Å². The Morgan fingerprint density at radius 2 is 2.20 bits per heavy atom. The minimum Gasteiger partial charge on any atom is -0.324 e. The Balaban J connectivity index is 2.78. The van der Waals surface area contributed by atoms with E-state index in [1.165, 1.54) is 18.5 Å². The van der Waals surface area contributed by atoms with Crippen LogP contribution < -0.4 is 10.5 Å². The second kappa shape index (κ2) is 4.26. The molecular formula is C9H15N3O2S. The van der Waals surface area contributed by atoms with E-state index in [9.17, 15) is 8.42 Å². The molecule has 6 heteroatoms. The first-order valence-electron chi connectivity index (χ1n) is 4.50. The van der Waals surface area contributed by atoms with Gasteiger partial charge in [0.1, 0.15) is 4.90 Å². The van der Waals surface area contributed by atoms with Gasteiger partial charge in [-0.1, -0.05) is 0 Å². The van der Waals surface area contributed by atoms with Crippen LogP contribution in [-0.4, -0.2) is 25.5 Å². The Morgan fingerprint density at radius 3 is 2.67 bits per heavy atom. The summed E-state index contributed by atoms with van der Waals surface area (Å²) < 4.78 is 25.8. The van der Waals surface area contributed by atoms with E-state index in [4.69, 9.17) is 5.73 Å². The van der Waals surface area contributed by atoms with Crippen LogP contribution in [0.15, 0.2) is 29.4 Å². The third-order valence-corrected chi connectivity index (χ3v) is 3.05. The minimum absolute atomic E-state index is 0.147. The Morgan fingerprint density at radius 1 is 1.53 bits per heavy atom. The van der Waals surface area contributed by atoms with Gasteiger partial charge in [-0.2, -0.15) is 0 Å². The monoisotopic (exact) mass is 229 g/mol. The van der Waals surface area contributed by atoms with Crippen molar-refractivity contribution in [2.45, 2.75) is 24.3 Å². The van der Waals surface area contributed by atoms with E-state index >= 15 is 0 Å². The molecule has 0 saturated carbocycles. The standard InChI is InChI=1S/C9H15N3O2S/c1-9(2,10)7-12-15(13,14)8-4-3-5-11-6-8/h3-6,12H,7,10H2,1-2H3. The topological polar surface area (TPSA) is 85.1 Å². The quantitative estimate of drug-likeness (QED) is 0.766. The smallest absolute Gasteiger partial charge is 0.242 e. The first kappa shape index (κ1) is 12.1. The molecule has 1 heterocycles. The number of pyridine rings is 1. The molecule has 0 amide bonds. The van der Waals surface area contributed by atoms with Crippen molar-refractivity contribution >= 4 is 10.0 Å². The summed E-state index contributed by atoms with van der Waals surface area (Å²) in [6.45, 7) is 3.68. The molecule has 0 aliphatic heterocycles. The van der Waals surface area contributed by atoms with Crippen molar-refractivity contribution in [3.05, 3.63) is 24.5 Å². The molecule has 0 bridgehead atoms. The van der Waals surface area contributed by atoms with E-state index in [1.54, 1.807) is 19.9 Å². The molecular weight excluding hydrogens is 214 g/mol. The summed E-state index contributed by atoms with van der Waals surface area (Å²) in [6.07, 6.45) is 2.82. The number of hydrogen-bond acceptors (Lipinski definition) is 4. The largest absolute Gasteiger partial charge is 0.324 e. The van der Waals surface area contributed by atoms with Crippen LogP contribution in [0, 0.1) is 0 Å². The van der Waals surface area contributed by atoms with Crippen LogP contribution in [0.4, 0.5) is 0 Å². The van der Waals surface area contributed by atoms with E-state index in [1.807, 2.05) is 0 Å². The van der Waals surface area contributed by atoms with Gasteiger partial charge in [0.25, 0.3) is 0 Å². The van der Waals surface area contributed by atoms with Gasteiger partial charge < -0.3 is 5.73 Å². The fourth-order valence-corrected chi connectivity index (χ4v) is 2.06. The molecule has 0 aromatic carbocycles. The molecule has 0 radical (unpaired) electrons.